The Bertz CT molecular complexity index is 204. The van der Waals surface area contributed by atoms with Crippen molar-refractivity contribution < 1.29 is 18.9 Å². The molecular weight excluding hydrogens is 139 g/mol. The van der Waals surface area contributed by atoms with Crippen molar-refractivity contribution in [2.75, 3.05) is 0 Å². The van der Waals surface area contributed by atoms with Crippen molar-refractivity contribution in [1.82, 2.24) is 5.32 Å². The topological polar surface area (TPSA) is 35.8 Å². The maximum Gasteiger partial charge on any atom is 1.00 e. The molecule has 0 aromatic heterocycles. The fourth-order valence-corrected chi connectivity index (χ4v) is 0.778. The molecule has 4 heteroatoms. The van der Waals surface area contributed by atoms with Gasteiger partial charge < -0.3 is 17.9 Å². The largest absolute Gasteiger partial charge is 1.00 e. The van der Waals surface area contributed by atoms with E-state index < -0.39 is 0 Å². The van der Waals surface area contributed by atoms with Crippen LogP contribution in [0.3, 0.4) is 0 Å². The first-order valence-corrected chi connectivity index (χ1v) is 3.00. The van der Waals surface area contributed by atoms with Crippen LogP contribution in [0.2, 0.25) is 0 Å². The van der Waals surface area contributed by atoms with Gasteiger partial charge in [0.25, 0.3) is 0 Å². The van der Waals surface area contributed by atoms with Crippen LogP contribution in [-0.2, 0) is 12.6 Å². The minimum atomic E-state index is -0.236. The van der Waals surface area contributed by atoms with Gasteiger partial charge in [-0.15, -0.1) is 0 Å². The minimum absolute atomic E-state index is 0. The molecule has 0 aromatic carbocycles. The van der Waals surface area contributed by atoms with Crippen LogP contribution in [0.4, 0.5) is 0 Å². The maximum absolute atomic E-state index is 8.40. The number of nitrogens with zero attached hydrogens (tertiary/aromatic N) is 1. The van der Waals surface area contributed by atoms with E-state index in [9.17, 15) is 0 Å². The first kappa shape index (κ1) is 9.72. The van der Waals surface area contributed by atoms with Gasteiger partial charge in [-0.2, -0.15) is 5.26 Å². The molecule has 0 aliphatic carbocycles. The normalized spacial score (nSPS) is 21.6. The van der Waals surface area contributed by atoms with Crippen molar-refractivity contribution in [3.63, 3.8) is 0 Å². The van der Waals surface area contributed by atoms with Gasteiger partial charge in [0.1, 0.15) is 0 Å². The van der Waals surface area contributed by atoms with E-state index >= 15 is 0 Å². The van der Waals surface area contributed by atoms with E-state index in [-0.39, 0.29) is 24.2 Å². The SMILES string of the molecule is N#CC1=CC=CNC1[S-].[Li+]. The Labute approximate surface area is 77.6 Å². The Morgan fingerprint density at radius 1 is 1.70 bits per heavy atom. The number of dihydropyridines is 1. The van der Waals surface area contributed by atoms with Gasteiger partial charge >= 0.3 is 18.9 Å². The predicted molar refractivity (Wildman–Crippen MR) is 37.1 cm³/mol. The number of allylic oxidation sites excluding steroid dienone is 2. The molecule has 0 radical (unpaired) electrons. The molecule has 0 spiro atoms. The van der Waals surface area contributed by atoms with Gasteiger partial charge in [-0.1, -0.05) is 5.37 Å². The monoisotopic (exact) mass is 144 g/mol. The van der Waals surface area contributed by atoms with E-state index in [1.165, 1.54) is 0 Å². The van der Waals surface area contributed by atoms with Gasteiger partial charge in [-0.25, -0.2) is 0 Å². The van der Waals surface area contributed by atoms with E-state index in [4.69, 9.17) is 17.9 Å². The summed E-state index contributed by atoms with van der Waals surface area (Å²) in [5, 5.41) is 11.0. The third kappa shape index (κ3) is 2.15. The molecule has 1 unspecified atom stereocenters. The van der Waals surface area contributed by atoms with Crippen molar-refractivity contribution in [1.29, 1.82) is 5.26 Å². The van der Waals surface area contributed by atoms with Crippen molar-refractivity contribution in [3.8, 4) is 6.07 Å². The average Bonchev–Trinajstić information content (AvgIpc) is 1.89. The zero-order valence-corrected chi connectivity index (χ0v) is 6.48. The molecule has 0 saturated carbocycles. The second-order valence-corrected chi connectivity index (χ2v) is 2.11. The summed E-state index contributed by atoms with van der Waals surface area (Å²) < 4.78 is 0. The smallest absolute Gasteiger partial charge is 0.763 e. The van der Waals surface area contributed by atoms with Crippen LogP contribution < -0.4 is 24.2 Å². The number of hydrogen-bond acceptors (Lipinski definition) is 3. The Hall–Kier alpha value is -0.283. The van der Waals surface area contributed by atoms with Gasteiger partial charge in [0, 0.05) is 5.57 Å². The molecule has 1 N–H and O–H groups in total. The predicted octanol–water partition coefficient (Wildman–Crippen LogP) is -2.57. The average molecular weight is 144 g/mol. The first-order chi connectivity index (χ1) is 4.34. The quantitative estimate of drug-likeness (QED) is 0.300. The Morgan fingerprint density at radius 2 is 2.40 bits per heavy atom. The standard InChI is InChI=1S/C6H6N2S.Li/c7-4-5-2-1-3-8-6(5)9;/h1-3,6,8-9H;/q;+1/p-1. The van der Waals surface area contributed by atoms with Crippen LogP contribution in [0.1, 0.15) is 0 Å². The van der Waals surface area contributed by atoms with E-state index in [0.29, 0.717) is 5.57 Å². The fraction of sp³-hybridized carbons (Fsp3) is 0.167. The van der Waals surface area contributed by atoms with Gasteiger partial charge in [0.15, 0.2) is 0 Å². The zero-order valence-electron chi connectivity index (χ0n) is 5.66. The van der Waals surface area contributed by atoms with Gasteiger partial charge in [0.2, 0.25) is 0 Å². The second-order valence-electron chi connectivity index (χ2n) is 1.64. The molecule has 0 amide bonds. The van der Waals surface area contributed by atoms with E-state index in [2.05, 4.69) is 5.32 Å². The van der Waals surface area contributed by atoms with Crippen LogP contribution in [0.15, 0.2) is 23.9 Å². The molecule has 0 saturated heterocycles. The van der Waals surface area contributed by atoms with Crippen molar-refractivity contribution in [2.45, 2.75) is 5.37 Å². The molecule has 1 aliphatic rings. The molecule has 1 aliphatic heterocycles. The van der Waals surface area contributed by atoms with Crippen molar-refractivity contribution >= 4 is 12.6 Å². The summed E-state index contributed by atoms with van der Waals surface area (Å²) in [6, 6.07) is 2.00. The molecule has 46 valence electrons. The van der Waals surface area contributed by atoms with Crippen LogP contribution in [-0.4, -0.2) is 5.37 Å². The maximum atomic E-state index is 8.40. The molecule has 2 nitrogen and oxygen atoms in total. The van der Waals surface area contributed by atoms with Gasteiger partial charge in [0.05, 0.1) is 6.07 Å². The summed E-state index contributed by atoms with van der Waals surface area (Å²) in [6.45, 7) is 0. The molecule has 10 heavy (non-hydrogen) atoms. The Balaban J connectivity index is 0.000000810. The fourth-order valence-electron chi connectivity index (χ4n) is 0.568. The van der Waals surface area contributed by atoms with E-state index in [0.717, 1.165) is 0 Å². The van der Waals surface area contributed by atoms with Crippen LogP contribution in [0, 0.1) is 11.3 Å². The third-order valence-corrected chi connectivity index (χ3v) is 1.42. The zero-order chi connectivity index (χ0) is 6.69. The van der Waals surface area contributed by atoms with Gasteiger partial charge in [-0.3, -0.25) is 0 Å². The molecular formula is C6H5LiN2S. The number of rotatable bonds is 0. The molecule has 1 atom stereocenters. The summed E-state index contributed by atoms with van der Waals surface area (Å²) in [6.07, 6.45) is 5.22. The van der Waals surface area contributed by atoms with E-state index in [1.54, 1.807) is 18.4 Å². The summed E-state index contributed by atoms with van der Waals surface area (Å²) in [4.78, 5) is 0. The summed E-state index contributed by atoms with van der Waals surface area (Å²) >= 11 is 4.86. The number of hydrogen-bond donors (Lipinski definition) is 1. The van der Waals surface area contributed by atoms with E-state index in [1.807, 2.05) is 6.07 Å². The Kier molecular flexibility index (Phi) is 4.39. The molecule has 0 fully saturated rings. The second kappa shape index (κ2) is 4.52. The first-order valence-electron chi connectivity index (χ1n) is 2.53. The van der Waals surface area contributed by atoms with Crippen LogP contribution in [0.25, 0.3) is 0 Å². The molecule has 0 aromatic rings. The van der Waals surface area contributed by atoms with Crippen LogP contribution in [0.5, 0.6) is 0 Å². The summed E-state index contributed by atoms with van der Waals surface area (Å²) in [5.74, 6) is 0. The Morgan fingerprint density at radius 3 is 2.80 bits per heavy atom. The number of nitriles is 1. The summed E-state index contributed by atoms with van der Waals surface area (Å²) in [7, 11) is 0. The summed E-state index contributed by atoms with van der Waals surface area (Å²) in [5.41, 5.74) is 0.604. The van der Waals surface area contributed by atoms with Crippen molar-refractivity contribution in [2.24, 2.45) is 0 Å². The van der Waals surface area contributed by atoms with Gasteiger partial charge in [-0.05, 0) is 18.4 Å². The van der Waals surface area contributed by atoms with Crippen molar-refractivity contribution in [3.05, 3.63) is 23.9 Å². The molecule has 1 heterocycles. The minimum Gasteiger partial charge on any atom is -0.763 e. The third-order valence-electron chi connectivity index (χ3n) is 1.03. The number of nitrogens with one attached hydrogen (secondary N) is 1. The van der Waals surface area contributed by atoms with Crippen LogP contribution >= 0.6 is 0 Å². The molecule has 0 bridgehead atoms. The molecule has 1 rings (SSSR count).